The molecule has 0 aliphatic carbocycles. The van der Waals surface area contributed by atoms with E-state index in [1.165, 1.54) is 5.06 Å². The van der Waals surface area contributed by atoms with Crippen LogP contribution in [0.5, 0.6) is 0 Å². The molecule has 0 saturated carbocycles. The maximum Gasteiger partial charge on any atom is 1.00 e. The van der Waals surface area contributed by atoms with Gasteiger partial charge >= 0.3 is 47.5 Å². The van der Waals surface area contributed by atoms with Crippen LogP contribution in [0.25, 0.3) is 0 Å². The number of carboxylic acids is 2. The van der Waals surface area contributed by atoms with Crippen LogP contribution in [0.2, 0.25) is 0 Å². The Labute approximate surface area is 139 Å². The van der Waals surface area contributed by atoms with Crippen molar-refractivity contribution in [2.24, 2.45) is 0 Å². The molecule has 1 fully saturated rings. The largest absolute Gasteiger partial charge is 1.00 e. The third-order valence-corrected chi connectivity index (χ3v) is 2.79. The molecule has 0 radical (unpaired) electrons. The van der Waals surface area contributed by atoms with E-state index in [1.54, 1.807) is 0 Å². The molecule has 1 rings (SSSR count). The van der Waals surface area contributed by atoms with Crippen molar-refractivity contribution >= 4 is 17.9 Å². The molecule has 1 saturated heterocycles. The summed E-state index contributed by atoms with van der Waals surface area (Å²) in [4.78, 5) is 37.9. The number of rotatable bonds is 6. The van der Waals surface area contributed by atoms with E-state index >= 15 is 0 Å². The number of carbonyl (C=O) groups is 3. The molecule has 20 heavy (non-hydrogen) atoms. The van der Waals surface area contributed by atoms with Gasteiger partial charge in [0.05, 0.1) is 12.8 Å². The summed E-state index contributed by atoms with van der Waals surface area (Å²) in [6.45, 7) is 0.976. The zero-order valence-electron chi connectivity index (χ0n) is 12.4. The first kappa shape index (κ1) is 19.3. The molecule has 110 valence electrons. The topological polar surface area (TPSA) is 124 Å². The van der Waals surface area contributed by atoms with Gasteiger partial charge in [-0.25, -0.2) is 4.79 Å². The van der Waals surface area contributed by atoms with E-state index in [1.807, 2.05) is 0 Å². The average molecular weight is 299 g/mol. The third-order valence-electron chi connectivity index (χ3n) is 2.79. The van der Waals surface area contributed by atoms with E-state index in [2.05, 4.69) is 0 Å². The summed E-state index contributed by atoms with van der Waals surface area (Å²) < 4.78 is 0. The third kappa shape index (κ3) is 6.19. The van der Waals surface area contributed by atoms with E-state index < -0.39 is 36.4 Å². The first-order valence-electron chi connectivity index (χ1n) is 5.97. The molecule has 9 heteroatoms. The molecule has 0 spiro atoms. The second-order valence-corrected chi connectivity index (χ2v) is 4.54. The Bertz CT molecular complexity index is 358. The summed E-state index contributed by atoms with van der Waals surface area (Å²) >= 11 is 0. The normalized spacial score (nSPS) is 16.1. The Hall–Kier alpha value is -0.670. The SMILES string of the molecule is O=C(O)CC(O)(CC(=O)O)C(=O)ON1CCCCC1.[H-].[Na+]. The Morgan fingerprint density at radius 1 is 1.05 bits per heavy atom. The number of hydrogen-bond donors (Lipinski definition) is 3. The van der Waals surface area contributed by atoms with Crippen LogP contribution in [-0.4, -0.2) is 57.0 Å². The Kier molecular flexibility index (Phi) is 8.29. The number of aliphatic hydroxyl groups is 1. The molecule has 1 heterocycles. The van der Waals surface area contributed by atoms with Gasteiger partial charge in [0.2, 0.25) is 0 Å². The number of nitrogens with zero attached hydrogens (tertiary/aromatic N) is 1. The monoisotopic (exact) mass is 299 g/mol. The van der Waals surface area contributed by atoms with Crippen molar-refractivity contribution in [3.05, 3.63) is 0 Å². The van der Waals surface area contributed by atoms with Crippen molar-refractivity contribution in [3.63, 3.8) is 0 Å². The summed E-state index contributed by atoms with van der Waals surface area (Å²) in [6, 6.07) is 0. The van der Waals surface area contributed by atoms with Gasteiger partial charge in [-0.15, -0.1) is 5.06 Å². The second kappa shape index (κ2) is 8.58. The Morgan fingerprint density at radius 3 is 1.90 bits per heavy atom. The molecular formula is C11H18NNaO7. The van der Waals surface area contributed by atoms with Gasteiger partial charge in [-0.05, 0) is 12.8 Å². The quantitative estimate of drug-likeness (QED) is 0.436. The van der Waals surface area contributed by atoms with Crippen molar-refractivity contribution in [2.75, 3.05) is 13.1 Å². The predicted octanol–water partition coefficient (Wildman–Crippen LogP) is -3.27. The zero-order chi connectivity index (χ0) is 14.5. The first-order chi connectivity index (χ1) is 8.83. The van der Waals surface area contributed by atoms with E-state index in [0.717, 1.165) is 19.3 Å². The van der Waals surface area contributed by atoms with Gasteiger partial charge in [0.15, 0.2) is 5.60 Å². The van der Waals surface area contributed by atoms with Gasteiger partial charge in [-0.1, -0.05) is 6.42 Å². The summed E-state index contributed by atoms with van der Waals surface area (Å²) in [5.41, 5.74) is -2.55. The van der Waals surface area contributed by atoms with E-state index in [9.17, 15) is 19.5 Å². The second-order valence-electron chi connectivity index (χ2n) is 4.54. The van der Waals surface area contributed by atoms with Crippen LogP contribution in [0.1, 0.15) is 33.5 Å². The van der Waals surface area contributed by atoms with Crippen molar-refractivity contribution in [2.45, 2.75) is 37.7 Å². The Balaban J connectivity index is 0. The van der Waals surface area contributed by atoms with Crippen LogP contribution in [0, 0.1) is 0 Å². The first-order valence-corrected chi connectivity index (χ1v) is 5.97. The number of hydroxylamine groups is 2. The zero-order valence-corrected chi connectivity index (χ0v) is 13.4. The van der Waals surface area contributed by atoms with Gasteiger partial charge in [-0.3, -0.25) is 9.59 Å². The molecule has 3 N–H and O–H groups in total. The summed E-state index contributed by atoms with van der Waals surface area (Å²) in [6.07, 6.45) is 0.633. The summed E-state index contributed by atoms with van der Waals surface area (Å²) in [5, 5.41) is 28.5. The maximum absolute atomic E-state index is 11.8. The molecule has 1 aliphatic heterocycles. The van der Waals surface area contributed by atoms with Crippen LogP contribution in [0.3, 0.4) is 0 Å². The molecule has 0 bridgehead atoms. The van der Waals surface area contributed by atoms with Crippen molar-refractivity contribution in [1.29, 1.82) is 0 Å². The minimum Gasteiger partial charge on any atom is -1.00 e. The van der Waals surface area contributed by atoms with Gasteiger partial charge in [0.1, 0.15) is 0 Å². The van der Waals surface area contributed by atoms with E-state index in [-0.39, 0.29) is 31.0 Å². The van der Waals surface area contributed by atoms with Crippen molar-refractivity contribution in [3.8, 4) is 0 Å². The molecule has 0 aromatic heterocycles. The van der Waals surface area contributed by atoms with Gasteiger partial charge in [-0.2, -0.15) is 0 Å². The van der Waals surface area contributed by atoms with E-state index in [0.29, 0.717) is 13.1 Å². The van der Waals surface area contributed by atoms with Crippen molar-refractivity contribution < 1.29 is 65.5 Å². The fraction of sp³-hybridized carbons (Fsp3) is 0.727. The molecule has 0 aromatic rings. The van der Waals surface area contributed by atoms with Crippen LogP contribution in [0.4, 0.5) is 0 Å². The Morgan fingerprint density at radius 2 is 1.50 bits per heavy atom. The standard InChI is InChI=1S/C11H17NO7.Na.H/c13-8(14)6-11(18,7-9(15)16)10(17)19-12-4-2-1-3-5-12;;/h18H,1-7H2,(H,13,14)(H,15,16);;/q;+1;-1. The fourth-order valence-corrected chi connectivity index (χ4v) is 1.87. The number of hydrogen-bond acceptors (Lipinski definition) is 6. The maximum atomic E-state index is 11.8. The van der Waals surface area contributed by atoms with Crippen LogP contribution in [0.15, 0.2) is 0 Å². The molecule has 0 aromatic carbocycles. The average Bonchev–Trinajstić information content (AvgIpc) is 2.27. The van der Waals surface area contributed by atoms with Gasteiger partial charge < -0.3 is 21.6 Å². The number of piperidine rings is 1. The molecule has 0 unspecified atom stereocenters. The summed E-state index contributed by atoms with van der Waals surface area (Å²) in [5.74, 6) is -4.18. The van der Waals surface area contributed by atoms with E-state index in [4.69, 9.17) is 15.1 Å². The molecular weight excluding hydrogens is 281 g/mol. The predicted molar refractivity (Wildman–Crippen MR) is 62.1 cm³/mol. The molecule has 0 amide bonds. The van der Waals surface area contributed by atoms with Gasteiger partial charge in [0.25, 0.3) is 0 Å². The van der Waals surface area contributed by atoms with Crippen LogP contribution < -0.4 is 29.6 Å². The molecule has 1 aliphatic rings. The van der Waals surface area contributed by atoms with Crippen LogP contribution >= 0.6 is 0 Å². The fourth-order valence-electron chi connectivity index (χ4n) is 1.87. The van der Waals surface area contributed by atoms with Crippen LogP contribution in [-0.2, 0) is 19.2 Å². The molecule has 8 nitrogen and oxygen atoms in total. The summed E-state index contributed by atoms with van der Waals surface area (Å²) in [7, 11) is 0. The minimum absolute atomic E-state index is 0. The number of carboxylic acid groups (broad SMARTS) is 2. The minimum atomic E-state index is -2.55. The number of aliphatic carboxylic acids is 2. The number of carbonyl (C=O) groups excluding carboxylic acids is 1. The van der Waals surface area contributed by atoms with Crippen molar-refractivity contribution in [1.82, 2.24) is 5.06 Å². The molecule has 0 atom stereocenters. The smallest absolute Gasteiger partial charge is 1.00 e. The van der Waals surface area contributed by atoms with Gasteiger partial charge in [0, 0.05) is 13.1 Å².